The minimum atomic E-state index is 0.587. The Bertz CT molecular complexity index is 559. The van der Waals surface area contributed by atoms with Gasteiger partial charge in [-0.15, -0.1) is 11.3 Å². The van der Waals surface area contributed by atoms with Crippen molar-refractivity contribution >= 4 is 11.3 Å². The summed E-state index contributed by atoms with van der Waals surface area (Å²) in [6.07, 6.45) is 0. The van der Waals surface area contributed by atoms with E-state index in [4.69, 9.17) is 14.2 Å². The summed E-state index contributed by atoms with van der Waals surface area (Å²) in [5.74, 6) is 1.85. The van der Waals surface area contributed by atoms with Crippen molar-refractivity contribution in [2.24, 2.45) is 0 Å². The monoisotopic (exact) mass is 294 g/mol. The number of hydrogen-bond acceptors (Lipinski definition) is 6. The summed E-state index contributed by atoms with van der Waals surface area (Å²) in [4.78, 5) is 4.58. The Balaban J connectivity index is 2.45. The van der Waals surface area contributed by atoms with Crippen LogP contribution in [0.3, 0.4) is 0 Å². The largest absolute Gasteiger partial charge is 0.493 e. The number of benzene rings is 1. The molecule has 0 spiro atoms. The summed E-state index contributed by atoms with van der Waals surface area (Å²) >= 11 is 1.62. The van der Waals surface area contributed by atoms with E-state index in [0.29, 0.717) is 17.2 Å². The number of nitrogens with one attached hydrogen (secondary N) is 1. The van der Waals surface area contributed by atoms with Gasteiger partial charge in [-0.3, -0.25) is 0 Å². The average Bonchev–Trinajstić information content (AvgIpc) is 2.94. The molecular formula is C14H18N2O3S. The fourth-order valence-electron chi connectivity index (χ4n) is 1.90. The molecule has 1 aromatic carbocycles. The highest BCUT2D eigenvalue weighted by Gasteiger charge is 2.15. The summed E-state index contributed by atoms with van der Waals surface area (Å²) in [5.41, 5.74) is 1.85. The zero-order chi connectivity index (χ0) is 14.5. The molecule has 108 valence electrons. The normalized spacial score (nSPS) is 10.4. The Hall–Kier alpha value is -1.79. The number of rotatable bonds is 6. The third-order valence-corrected chi connectivity index (χ3v) is 3.69. The second kappa shape index (κ2) is 6.58. The molecule has 0 saturated carbocycles. The topological polar surface area (TPSA) is 52.6 Å². The van der Waals surface area contributed by atoms with E-state index >= 15 is 0 Å². The predicted octanol–water partition coefficient (Wildman–Crippen LogP) is 2.56. The number of nitrogens with zero attached hydrogens (tertiary/aromatic N) is 1. The van der Waals surface area contributed by atoms with Gasteiger partial charge in [0.2, 0.25) is 5.75 Å². The molecule has 2 aromatic rings. The Labute approximate surface area is 122 Å². The molecule has 20 heavy (non-hydrogen) atoms. The SMILES string of the molecule is CNCc1nc(-c2cc(OC)c(OC)c(OC)c2)cs1. The van der Waals surface area contributed by atoms with Gasteiger partial charge >= 0.3 is 0 Å². The van der Waals surface area contributed by atoms with Crippen LogP contribution in [0.5, 0.6) is 17.2 Å². The molecule has 0 aliphatic rings. The third-order valence-electron chi connectivity index (χ3n) is 2.84. The van der Waals surface area contributed by atoms with Gasteiger partial charge in [0.25, 0.3) is 0 Å². The highest BCUT2D eigenvalue weighted by Crippen LogP contribution is 2.41. The zero-order valence-corrected chi connectivity index (χ0v) is 12.8. The lowest BCUT2D eigenvalue weighted by atomic mass is 10.1. The van der Waals surface area contributed by atoms with Crippen molar-refractivity contribution in [3.8, 4) is 28.5 Å². The molecule has 1 heterocycles. The Morgan fingerprint density at radius 3 is 2.25 bits per heavy atom. The molecule has 0 atom stereocenters. The molecule has 0 aliphatic heterocycles. The average molecular weight is 294 g/mol. The van der Waals surface area contributed by atoms with Gasteiger partial charge < -0.3 is 19.5 Å². The molecule has 0 radical (unpaired) electrons. The Morgan fingerprint density at radius 2 is 1.75 bits per heavy atom. The van der Waals surface area contributed by atoms with E-state index in [1.165, 1.54) is 0 Å². The second-order valence-corrected chi connectivity index (χ2v) is 5.01. The van der Waals surface area contributed by atoms with Gasteiger partial charge in [0.05, 0.1) is 27.0 Å². The second-order valence-electron chi connectivity index (χ2n) is 4.07. The van der Waals surface area contributed by atoms with Crippen LogP contribution in [-0.4, -0.2) is 33.4 Å². The molecule has 0 unspecified atom stereocenters. The fourth-order valence-corrected chi connectivity index (χ4v) is 2.72. The molecule has 0 bridgehead atoms. The van der Waals surface area contributed by atoms with E-state index in [0.717, 1.165) is 22.8 Å². The first-order chi connectivity index (χ1) is 9.73. The van der Waals surface area contributed by atoms with Crippen LogP contribution in [0.25, 0.3) is 11.3 Å². The highest BCUT2D eigenvalue weighted by atomic mass is 32.1. The first kappa shape index (κ1) is 14.6. The predicted molar refractivity (Wildman–Crippen MR) is 80.0 cm³/mol. The van der Waals surface area contributed by atoms with Crippen LogP contribution >= 0.6 is 11.3 Å². The first-order valence-corrected chi connectivity index (χ1v) is 7.00. The molecular weight excluding hydrogens is 276 g/mol. The van der Waals surface area contributed by atoms with E-state index in [2.05, 4.69) is 10.3 Å². The van der Waals surface area contributed by atoms with Crippen LogP contribution in [-0.2, 0) is 6.54 Å². The summed E-state index contributed by atoms with van der Waals surface area (Å²) in [6, 6.07) is 3.80. The van der Waals surface area contributed by atoms with Gasteiger partial charge in [0.15, 0.2) is 11.5 Å². The zero-order valence-electron chi connectivity index (χ0n) is 12.0. The maximum Gasteiger partial charge on any atom is 0.203 e. The van der Waals surface area contributed by atoms with Gasteiger partial charge in [-0.1, -0.05) is 0 Å². The minimum Gasteiger partial charge on any atom is -0.493 e. The molecule has 0 fully saturated rings. The van der Waals surface area contributed by atoms with Gasteiger partial charge in [-0.05, 0) is 19.2 Å². The number of thiazole rings is 1. The van der Waals surface area contributed by atoms with Crippen molar-refractivity contribution in [2.75, 3.05) is 28.4 Å². The van der Waals surface area contributed by atoms with Crippen LogP contribution in [0.4, 0.5) is 0 Å². The van der Waals surface area contributed by atoms with Gasteiger partial charge in [0.1, 0.15) is 5.01 Å². The van der Waals surface area contributed by atoms with Crippen LogP contribution in [0.1, 0.15) is 5.01 Å². The van der Waals surface area contributed by atoms with Crippen molar-refractivity contribution in [3.05, 3.63) is 22.5 Å². The van der Waals surface area contributed by atoms with Crippen molar-refractivity contribution in [3.63, 3.8) is 0 Å². The van der Waals surface area contributed by atoms with Crippen molar-refractivity contribution in [1.29, 1.82) is 0 Å². The van der Waals surface area contributed by atoms with E-state index in [-0.39, 0.29) is 0 Å². The minimum absolute atomic E-state index is 0.587. The van der Waals surface area contributed by atoms with E-state index in [9.17, 15) is 0 Å². The maximum atomic E-state index is 5.35. The van der Waals surface area contributed by atoms with Gasteiger partial charge in [-0.25, -0.2) is 4.98 Å². The van der Waals surface area contributed by atoms with Crippen molar-refractivity contribution in [1.82, 2.24) is 10.3 Å². The summed E-state index contributed by atoms with van der Waals surface area (Å²) in [7, 11) is 6.71. The molecule has 1 aromatic heterocycles. The lowest BCUT2D eigenvalue weighted by molar-refractivity contribution is 0.324. The molecule has 1 N–H and O–H groups in total. The number of methoxy groups -OCH3 is 3. The molecule has 0 aliphatic carbocycles. The molecule has 5 nitrogen and oxygen atoms in total. The number of hydrogen-bond donors (Lipinski definition) is 1. The molecule has 0 saturated heterocycles. The fraction of sp³-hybridized carbons (Fsp3) is 0.357. The van der Waals surface area contributed by atoms with Gasteiger partial charge in [0, 0.05) is 17.5 Å². The van der Waals surface area contributed by atoms with Crippen LogP contribution in [0.2, 0.25) is 0 Å². The lowest BCUT2D eigenvalue weighted by Crippen LogP contribution is -2.04. The summed E-state index contributed by atoms with van der Waals surface area (Å²) < 4.78 is 16.0. The molecule has 0 amide bonds. The smallest absolute Gasteiger partial charge is 0.203 e. The Morgan fingerprint density at radius 1 is 1.10 bits per heavy atom. The third kappa shape index (κ3) is 2.86. The first-order valence-electron chi connectivity index (χ1n) is 6.12. The number of aromatic nitrogens is 1. The number of ether oxygens (including phenoxy) is 3. The van der Waals surface area contributed by atoms with Crippen LogP contribution < -0.4 is 19.5 Å². The molecule has 6 heteroatoms. The van der Waals surface area contributed by atoms with Crippen LogP contribution in [0.15, 0.2) is 17.5 Å². The van der Waals surface area contributed by atoms with E-state index in [1.807, 2.05) is 24.6 Å². The maximum absolute atomic E-state index is 5.35. The standard InChI is InChI=1S/C14H18N2O3S/c1-15-7-13-16-10(8-20-13)9-5-11(17-2)14(19-4)12(6-9)18-3/h5-6,8,15H,7H2,1-4H3. The van der Waals surface area contributed by atoms with E-state index in [1.54, 1.807) is 32.7 Å². The summed E-state index contributed by atoms with van der Waals surface area (Å²) in [6.45, 7) is 0.759. The van der Waals surface area contributed by atoms with Crippen LogP contribution in [0, 0.1) is 0 Å². The van der Waals surface area contributed by atoms with Crippen molar-refractivity contribution < 1.29 is 14.2 Å². The quantitative estimate of drug-likeness (QED) is 0.887. The van der Waals surface area contributed by atoms with Gasteiger partial charge in [-0.2, -0.15) is 0 Å². The summed E-state index contributed by atoms with van der Waals surface area (Å²) in [5, 5.41) is 6.15. The lowest BCUT2D eigenvalue weighted by Gasteiger charge is -2.13. The molecule has 2 rings (SSSR count). The van der Waals surface area contributed by atoms with E-state index < -0.39 is 0 Å². The van der Waals surface area contributed by atoms with Crippen molar-refractivity contribution in [2.45, 2.75) is 6.54 Å². The highest BCUT2D eigenvalue weighted by molar-refractivity contribution is 7.09. The Kier molecular flexibility index (Phi) is 4.81.